The number of benzene rings is 1. The molecule has 18 heavy (non-hydrogen) atoms. The zero-order chi connectivity index (χ0) is 13.3. The van der Waals surface area contributed by atoms with Gasteiger partial charge in [0.2, 0.25) is 0 Å². The van der Waals surface area contributed by atoms with Crippen LogP contribution in [0, 0.1) is 6.92 Å². The number of aromatic carboxylic acids is 1. The lowest BCUT2D eigenvalue weighted by Gasteiger charge is -2.08. The van der Waals surface area contributed by atoms with Gasteiger partial charge in [-0.05, 0) is 24.0 Å². The molecule has 0 atom stereocenters. The Morgan fingerprint density at radius 3 is 2.72 bits per heavy atom. The van der Waals surface area contributed by atoms with Crippen molar-refractivity contribution >= 4 is 5.97 Å². The molecule has 1 aromatic heterocycles. The van der Waals surface area contributed by atoms with Crippen LogP contribution in [0.25, 0.3) is 11.1 Å². The average molecular weight is 244 g/mol. The van der Waals surface area contributed by atoms with Crippen LogP contribution in [0.1, 0.15) is 41.5 Å². The van der Waals surface area contributed by atoms with Crippen molar-refractivity contribution in [2.45, 2.75) is 26.7 Å². The minimum Gasteiger partial charge on any atom is -0.476 e. The monoisotopic (exact) mass is 244 g/mol. The molecule has 0 radical (unpaired) electrons. The number of hydrogen-bond acceptors (Lipinski definition) is 2. The molecule has 2 aromatic rings. The maximum atomic E-state index is 11.1. The van der Waals surface area contributed by atoms with Crippen molar-refractivity contribution in [3.05, 3.63) is 41.2 Å². The van der Waals surface area contributed by atoms with Gasteiger partial charge in [-0.1, -0.05) is 38.1 Å². The number of aryl methyl sites for hydroxylation is 1. The number of carbonyl (C=O) groups is 1. The van der Waals surface area contributed by atoms with E-state index in [0.29, 0.717) is 11.5 Å². The molecule has 0 bridgehead atoms. The van der Waals surface area contributed by atoms with Gasteiger partial charge in [0.15, 0.2) is 5.69 Å². The topological polar surface area (TPSA) is 66.0 Å². The van der Waals surface area contributed by atoms with Gasteiger partial charge in [-0.15, -0.1) is 0 Å². The van der Waals surface area contributed by atoms with Crippen LogP contribution in [-0.4, -0.2) is 21.3 Å². The number of aromatic amines is 1. The summed E-state index contributed by atoms with van der Waals surface area (Å²) >= 11 is 0. The Labute approximate surface area is 106 Å². The van der Waals surface area contributed by atoms with E-state index in [1.54, 1.807) is 0 Å². The van der Waals surface area contributed by atoms with Crippen molar-refractivity contribution in [2.24, 2.45) is 0 Å². The highest BCUT2D eigenvalue weighted by Crippen LogP contribution is 2.28. The summed E-state index contributed by atoms with van der Waals surface area (Å²) in [4.78, 5) is 11.1. The number of H-pyrrole nitrogens is 1. The first-order valence-corrected chi connectivity index (χ1v) is 5.89. The summed E-state index contributed by atoms with van der Waals surface area (Å²) in [5.74, 6) is -0.602. The Kier molecular flexibility index (Phi) is 3.19. The Hall–Kier alpha value is -2.10. The van der Waals surface area contributed by atoms with Crippen molar-refractivity contribution in [2.75, 3.05) is 0 Å². The van der Waals surface area contributed by atoms with Crippen LogP contribution in [-0.2, 0) is 0 Å². The molecule has 4 nitrogen and oxygen atoms in total. The van der Waals surface area contributed by atoms with Crippen molar-refractivity contribution in [1.82, 2.24) is 10.2 Å². The first-order valence-electron chi connectivity index (χ1n) is 5.89. The van der Waals surface area contributed by atoms with Crippen LogP contribution >= 0.6 is 0 Å². The molecule has 94 valence electrons. The highest BCUT2D eigenvalue weighted by atomic mass is 16.4. The number of aromatic nitrogens is 2. The summed E-state index contributed by atoms with van der Waals surface area (Å²) in [6.45, 7) is 6.05. The second-order valence-corrected chi connectivity index (χ2v) is 4.66. The lowest BCUT2D eigenvalue weighted by atomic mass is 9.96. The maximum absolute atomic E-state index is 11.1. The molecule has 2 N–H and O–H groups in total. The molecule has 0 fully saturated rings. The highest BCUT2D eigenvalue weighted by Gasteiger charge is 2.18. The zero-order valence-electron chi connectivity index (χ0n) is 10.7. The SMILES string of the molecule is Cc1[nH]nc(C(=O)O)c1-c1cccc(C(C)C)c1. The molecule has 0 spiro atoms. The van der Waals surface area contributed by atoms with Crippen LogP contribution < -0.4 is 0 Å². The summed E-state index contributed by atoms with van der Waals surface area (Å²) in [5, 5.41) is 15.7. The normalized spacial score (nSPS) is 10.9. The second kappa shape index (κ2) is 4.64. The molecule has 0 saturated heterocycles. The predicted octanol–water partition coefficient (Wildman–Crippen LogP) is 3.21. The predicted molar refractivity (Wildman–Crippen MR) is 69.8 cm³/mol. The fraction of sp³-hybridized carbons (Fsp3) is 0.286. The second-order valence-electron chi connectivity index (χ2n) is 4.66. The van der Waals surface area contributed by atoms with Crippen molar-refractivity contribution in [3.8, 4) is 11.1 Å². The van der Waals surface area contributed by atoms with Crippen molar-refractivity contribution in [1.29, 1.82) is 0 Å². The molecular formula is C14H16N2O2. The van der Waals surface area contributed by atoms with E-state index in [4.69, 9.17) is 5.11 Å². The number of rotatable bonds is 3. The Morgan fingerprint density at radius 2 is 2.11 bits per heavy atom. The Bertz CT molecular complexity index is 585. The average Bonchev–Trinajstić information content (AvgIpc) is 2.71. The molecule has 4 heteroatoms. The van der Waals surface area contributed by atoms with Gasteiger partial charge in [0.25, 0.3) is 0 Å². The van der Waals surface area contributed by atoms with Gasteiger partial charge in [0, 0.05) is 11.3 Å². The van der Waals surface area contributed by atoms with E-state index in [0.717, 1.165) is 11.3 Å². The highest BCUT2D eigenvalue weighted by molar-refractivity contribution is 5.94. The van der Waals surface area contributed by atoms with E-state index < -0.39 is 5.97 Å². The summed E-state index contributed by atoms with van der Waals surface area (Å²) < 4.78 is 0. The van der Waals surface area contributed by atoms with Gasteiger partial charge in [0.1, 0.15) is 0 Å². The van der Waals surface area contributed by atoms with Gasteiger partial charge < -0.3 is 5.11 Å². The van der Waals surface area contributed by atoms with Gasteiger partial charge in [-0.2, -0.15) is 5.10 Å². The van der Waals surface area contributed by atoms with Gasteiger partial charge in [0.05, 0.1) is 0 Å². The van der Waals surface area contributed by atoms with Crippen LogP contribution in [0.5, 0.6) is 0 Å². The van der Waals surface area contributed by atoms with Crippen LogP contribution in [0.15, 0.2) is 24.3 Å². The largest absolute Gasteiger partial charge is 0.476 e. The van der Waals surface area contributed by atoms with E-state index in [9.17, 15) is 4.79 Å². The van der Waals surface area contributed by atoms with E-state index in [-0.39, 0.29) is 5.69 Å². The van der Waals surface area contributed by atoms with E-state index in [1.165, 1.54) is 5.56 Å². The first-order chi connectivity index (χ1) is 8.50. The summed E-state index contributed by atoms with van der Waals surface area (Å²) in [6.07, 6.45) is 0. The van der Waals surface area contributed by atoms with Crippen LogP contribution in [0.2, 0.25) is 0 Å². The molecule has 0 aliphatic rings. The van der Waals surface area contributed by atoms with Gasteiger partial charge in [-0.25, -0.2) is 4.79 Å². The third-order valence-electron chi connectivity index (χ3n) is 2.99. The smallest absolute Gasteiger partial charge is 0.357 e. The van der Waals surface area contributed by atoms with Crippen molar-refractivity contribution in [3.63, 3.8) is 0 Å². The van der Waals surface area contributed by atoms with E-state index in [2.05, 4.69) is 24.0 Å². The van der Waals surface area contributed by atoms with Crippen LogP contribution in [0.3, 0.4) is 0 Å². The van der Waals surface area contributed by atoms with Gasteiger partial charge >= 0.3 is 5.97 Å². The number of carboxylic acid groups (broad SMARTS) is 1. The molecule has 0 aliphatic heterocycles. The molecule has 1 heterocycles. The fourth-order valence-corrected chi connectivity index (χ4v) is 1.99. The molecule has 2 rings (SSSR count). The van der Waals surface area contributed by atoms with Crippen LogP contribution in [0.4, 0.5) is 0 Å². The standard InChI is InChI=1S/C14H16N2O2/c1-8(2)10-5-4-6-11(7-10)12-9(3)15-16-13(12)14(17)18/h4-8H,1-3H3,(H,15,16)(H,17,18). The molecule has 1 aromatic carbocycles. The summed E-state index contributed by atoms with van der Waals surface area (Å²) in [7, 11) is 0. The lowest BCUT2D eigenvalue weighted by Crippen LogP contribution is -1.99. The lowest BCUT2D eigenvalue weighted by molar-refractivity contribution is 0.0691. The maximum Gasteiger partial charge on any atom is 0.357 e. The summed E-state index contributed by atoms with van der Waals surface area (Å²) in [5.41, 5.74) is 3.60. The van der Waals surface area contributed by atoms with E-state index in [1.807, 2.05) is 31.2 Å². The minimum absolute atomic E-state index is 0.0772. The molecule has 0 saturated carbocycles. The Balaban J connectivity index is 2.58. The minimum atomic E-state index is -1.01. The number of nitrogens with zero attached hydrogens (tertiary/aromatic N) is 1. The quantitative estimate of drug-likeness (QED) is 0.871. The fourth-order valence-electron chi connectivity index (χ4n) is 1.99. The summed E-state index contributed by atoms with van der Waals surface area (Å²) in [6, 6.07) is 7.93. The first kappa shape index (κ1) is 12.4. The van der Waals surface area contributed by atoms with E-state index >= 15 is 0 Å². The third kappa shape index (κ3) is 2.14. The number of nitrogens with one attached hydrogen (secondary N) is 1. The number of hydrogen-bond donors (Lipinski definition) is 2. The third-order valence-corrected chi connectivity index (χ3v) is 2.99. The molecule has 0 aliphatic carbocycles. The zero-order valence-corrected chi connectivity index (χ0v) is 10.7. The molecular weight excluding hydrogens is 228 g/mol. The molecule has 0 unspecified atom stereocenters. The van der Waals surface area contributed by atoms with Gasteiger partial charge in [-0.3, -0.25) is 5.10 Å². The van der Waals surface area contributed by atoms with Crippen molar-refractivity contribution < 1.29 is 9.90 Å². The Morgan fingerprint density at radius 1 is 1.39 bits per heavy atom. The number of carboxylic acids is 1. The molecule has 0 amide bonds.